The van der Waals surface area contributed by atoms with Gasteiger partial charge in [-0.05, 0) is 27.3 Å². The van der Waals surface area contributed by atoms with Gasteiger partial charge in [0.15, 0.2) is 0 Å². The topological polar surface area (TPSA) is 63.4 Å². The Kier molecular flexibility index (Phi) is 3.87. The Morgan fingerprint density at radius 2 is 2.22 bits per heavy atom. The van der Waals surface area contributed by atoms with Crippen LogP contribution in [-0.2, 0) is 4.74 Å². The number of hydrogen-bond donors (Lipinski definition) is 1. The highest BCUT2D eigenvalue weighted by molar-refractivity contribution is 5.31. The lowest BCUT2D eigenvalue weighted by molar-refractivity contribution is 0.0610. The van der Waals surface area contributed by atoms with Crippen molar-refractivity contribution in [1.29, 1.82) is 0 Å². The largest absolute Gasteiger partial charge is 0.406 e. The van der Waals surface area contributed by atoms with Gasteiger partial charge < -0.3 is 19.4 Å². The number of rotatable bonds is 4. The van der Waals surface area contributed by atoms with Crippen molar-refractivity contribution >= 4 is 6.01 Å². The van der Waals surface area contributed by atoms with Crippen LogP contribution < -0.4 is 10.2 Å². The van der Waals surface area contributed by atoms with Gasteiger partial charge in [0.1, 0.15) is 0 Å². The van der Waals surface area contributed by atoms with Crippen molar-refractivity contribution in [1.82, 2.24) is 15.5 Å². The fourth-order valence-electron chi connectivity index (χ4n) is 2.12. The number of nitrogens with one attached hydrogen (secondary N) is 1. The Labute approximate surface area is 108 Å². The first-order valence-corrected chi connectivity index (χ1v) is 6.47. The third-order valence-corrected chi connectivity index (χ3v) is 3.19. The summed E-state index contributed by atoms with van der Waals surface area (Å²) in [5.74, 6) is 0.633. The Balaban J connectivity index is 2.13. The van der Waals surface area contributed by atoms with E-state index in [1.807, 2.05) is 6.92 Å². The molecule has 1 aromatic heterocycles. The maximum atomic E-state index is 5.76. The quantitative estimate of drug-likeness (QED) is 0.875. The number of morpholine rings is 1. The van der Waals surface area contributed by atoms with Gasteiger partial charge in [-0.3, -0.25) is 0 Å². The first-order valence-electron chi connectivity index (χ1n) is 6.47. The van der Waals surface area contributed by atoms with Crippen molar-refractivity contribution in [3.8, 4) is 0 Å². The summed E-state index contributed by atoms with van der Waals surface area (Å²) in [5, 5.41) is 11.5. The van der Waals surface area contributed by atoms with Crippen LogP contribution in [0.25, 0.3) is 0 Å². The maximum absolute atomic E-state index is 5.76. The monoisotopic (exact) mass is 254 g/mol. The molecule has 0 amide bonds. The molecule has 0 radical (unpaired) electrons. The van der Waals surface area contributed by atoms with Crippen molar-refractivity contribution in [3.05, 3.63) is 5.89 Å². The first-order chi connectivity index (χ1) is 8.54. The van der Waals surface area contributed by atoms with Gasteiger partial charge in [-0.2, -0.15) is 0 Å². The van der Waals surface area contributed by atoms with Crippen LogP contribution in [0, 0.1) is 0 Å². The summed E-state index contributed by atoms with van der Waals surface area (Å²) in [7, 11) is 0. The maximum Gasteiger partial charge on any atom is 0.318 e. The van der Waals surface area contributed by atoms with Crippen molar-refractivity contribution in [2.45, 2.75) is 39.3 Å². The number of hydrogen-bond acceptors (Lipinski definition) is 6. The molecule has 102 valence electrons. The number of ether oxygens (including phenoxy) is 1. The second-order valence-electron chi connectivity index (χ2n) is 5.22. The van der Waals surface area contributed by atoms with E-state index >= 15 is 0 Å². The molecule has 1 fully saturated rings. The summed E-state index contributed by atoms with van der Waals surface area (Å²) < 4.78 is 11.2. The highest BCUT2D eigenvalue weighted by Gasteiger charge is 2.34. The summed E-state index contributed by atoms with van der Waals surface area (Å²) in [6.45, 7) is 11.3. The molecule has 1 aromatic rings. The molecule has 0 spiro atoms. The molecule has 1 N–H and O–H groups in total. The van der Waals surface area contributed by atoms with Crippen LogP contribution >= 0.6 is 0 Å². The van der Waals surface area contributed by atoms with Crippen LogP contribution in [0.5, 0.6) is 0 Å². The van der Waals surface area contributed by atoms with E-state index in [9.17, 15) is 0 Å². The Morgan fingerprint density at radius 3 is 2.89 bits per heavy atom. The summed E-state index contributed by atoms with van der Waals surface area (Å²) >= 11 is 0. The van der Waals surface area contributed by atoms with Gasteiger partial charge in [0.05, 0.1) is 24.8 Å². The van der Waals surface area contributed by atoms with Crippen LogP contribution in [-0.4, -0.2) is 42.0 Å². The molecule has 1 atom stereocenters. The van der Waals surface area contributed by atoms with E-state index in [1.54, 1.807) is 0 Å². The Morgan fingerprint density at radius 1 is 1.44 bits per heavy atom. The second kappa shape index (κ2) is 5.24. The van der Waals surface area contributed by atoms with Crippen molar-refractivity contribution in [2.24, 2.45) is 0 Å². The van der Waals surface area contributed by atoms with Gasteiger partial charge in [-0.25, -0.2) is 0 Å². The molecule has 6 heteroatoms. The lowest BCUT2D eigenvalue weighted by Crippen LogP contribution is -2.53. The molecule has 0 aliphatic carbocycles. The van der Waals surface area contributed by atoms with Gasteiger partial charge >= 0.3 is 6.01 Å². The minimum Gasteiger partial charge on any atom is -0.406 e. The Bertz CT molecular complexity index is 391. The number of nitrogens with zero attached hydrogens (tertiary/aromatic N) is 3. The Hall–Kier alpha value is -1.14. The second-order valence-corrected chi connectivity index (χ2v) is 5.22. The third kappa shape index (κ3) is 2.64. The van der Waals surface area contributed by atoms with Crippen LogP contribution in [0.15, 0.2) is 4.42 Å². The molecule has 0 bridgehead atoms. The lowest BCUT2D eigenvalue weighted by atomic mass is 10.0. The van der Waals surface area contributed by atoms with E-state index in [1.165, 1.54) is 0 Å². The average Bonchev–Trinajstić information content (AvgIpc) is 2.78. The van der Waals surface area contributed by atoms with Gasteiger partial charge in [-0.15, -0.1) is 5.10 Å². The predicted octanol–water partition coefficient (Wildman–Crippen LogP) is 1.36. The summed E-state index contributed by atoms with van der Waals surface area (Å²) in [4.78, 5) is 2.12. The molecule has 1 aliphatic heterocycles. The summed E-state index contributed by atoms with van der Waals surface area (Å²) in [5.41, 5.74) is -0.108. The normalized spacial score (nSPS) is 21.0. The van der Waals surface area contributed by atoms with Gasteiger partial charge in [0.25, 0.3) is 0 Å². The average molecular weight is 254 g/mol. The van der Waals surface area contributed by atoms with Crippen LogP contribution in [0.1, 0.15) is 39.6 Å². The van der Waals surface area contributed by atoms with Crippen LogP contribution in [0.3, 0.4) is 0 Å². The molecule has 1 aliphatic rings. The van der Waals surface area contributed by atoms with Crippen LogP contribution in [0.2, 0.25) is 0 Å². The van der Waals surface area contributed by atoms with Crippen molar-refractivity contribution < 1.29 is 9.15 Å². The fraction of sp³-hybridized carbons (Fsp3) is 0.833. The van der Waals surface area contributed by atoms with E-state index in [2.05, 4.69) is 41.2 Å². The fourth-order valence-corrected chi connectivity index (χ4v) is 2.12. The minimum absolute atomic E-state index is 0.0837. The zero-order valence-electron chi connectivity index (χ0n) is 11.6. The lowest BCUT2D eigenvalue weighted by Gasteiger charge is -2.40. The number of anilines is 1. The van der Waals surface area contributed by atoms with Gasteiger partial charge in [0.2, 0.25) is 5.89 Å². The van der Waals surface area contributed by atoms with E-state index in [-0.39, 0.29) is 11.6 Å². The molecule has 6 nitrogen and oxygen atoms in total. The molecular weight excluding hydrogens is 232 g/mol. The number of aromatic nitrogens is 2. The van der Waals surface area contributed by atoms with Gasteiger partial charge in [0, 0.05) is 6.54 Å². The van der Waals surface area contributed by atoms with Gasteiger partial charge in [-0.1, -0.05) is 12.0 Å². The zero-order valence-corrected chi connectivity index (χ0v) is 11.6. The van der Waals surface area contributed by atoms with E-state index in [0.29, 0.717) is 25.1 Å². The van der Waals surface area contributed by atoms with E-state index in [0.717, 1.165) is 13.1 Å². The third-order valence-electron chi connectivity index (χ3n) is 3.19. The summed E-state index contributed by atoms with van der Waals surface area (Å²) in [6.07, 6.45) is 0. The van der Waals surface area contributed by atoms with Crippen molar-refractivity contribution in [3.63, 3.8) is 0 Å². The molecule has 1 saturated heterocycles. The first kappa shape index (κ1) is 13.3. The highest BCUT2D eigenvalue weighted by Crippen LogP contribution is 2.26. The smallest absolute Gasteiger partial charge is 0.318 e. The van der Waals surface area contributed by atoms with E-state index in [4.69, 9.17) is 9.15 Å². The SMILES string of the molecule is CCNC(C)c1nnc(N2CCOCC2(C)C)o1. The standard InChI is InChI=1S/C12H22N4O2/c1-5-13-9(2)10-14-15-11(18-10)16-6-7-17-8-12(16,3)4/h9,13H,5-8H2,1-4H3. The van der Waals surface area contributed by atoms with E-state index < -0.39 is 0 Å². The molecule has 1 unspecified atom stereocenters. The van der Waals surface area contributed by atoms with Crippen LogP contribution in [0.4, 0.5) is 6.01 Å². The molecule has 2 heterocycles. The zero-order chi connectivity index (χ0) is 13.2. The molecule has 18 heavy (non-hydrogen) atoms. The molecular formula is C12H22N4O2. The molecule has 0 aromatic carbocycles. The minimum atomic E-state index is -0.108. The molecule has 2 rings (SSSR count). The summed E-state index contributed by atoms with van der Waals surface area (Å²) in [6, 6.07) is 0.670. The predicted molar refractivity (Wildman–Crippen MR) is 68.6 cm³/mol. The highest BCUT2D eigenvalue weighted by atomic mass is 16.5. The molecule has 0 saturated carbocycles. The van der Waals surface area contributed by atoms with Crippen molar-refractivity contribution in [2.75, 3.05) is 31.2 Å².